The van der Waals surface area contributed by atoms with Crippen molar-refractivity contribution in [1.29, 1.82) is 0 Å². The monoisotopic (exact) mass is 392 g/mol. The van der Waals surface area contributed by atoms with E-state index in [0.717, 1.165) is 43.4 Å². The van der Waals surface area contributed by atoms with Crippen molar-refractivity contribution in [3.8, 4) is 17.2 Å². The van der Waals surface area contributed by atoms with E-state index in [0.29, 0.717) is 13.2 Å². The number of nitrogens with one attached hydrogen (secondary N) is 1. The number of ether oxygens (including phenoxy) is 3. The van der Waals surface area contributed by atoms with E-state index >= 15 is 0 Å². The van der Waals surface area contributed by atoms with Gasteiger partial charge in [0.05, 0.1) is 19.8 Å². The molecule has 0 aliphatic carbocycles. The summed E-state index contributed by atoms with van der Waals surface area (Å²) in [5.74, 6) is 2.55. The van der Waals surface area contributed by atoms with Gasteiger partial charge < -0.3 is 19.5 Å². The average Bonchev–Trinajstić information content (AvgIpc) is 2.70. The van der Waals surface area contributed by atoms with Gasteiger partial charge in [0.1, 0.15) is 12.4 Å². The molecule has 1 fully saturated rings. The molecule has 0 bridgehead atoms. The number of nitrogens with zero attached hydrogens (tertiary/aromatic N) is 1. The Labute approximate surface area is 168 Å². The highest BCUT2D eigenvalue weighted by molar-refractivity contribution is 5.85. The standard InChI is InChI=1S/C21H28N2O3.ClH/c1-3-25-20-10-6-7-11-21(20)26-15-14-23-13-12-22-16-18(23)17-8-4-5-9-19(17)24-2;/h4-11,18,22H,3,12-16H2,1-2H3;1H. The van der Waals surface area contributed by atoms with Crippen LogP contribution in [0.15, 0.2) is 48.5 Å². The van der Waals surface area contributed by atoms with Crippen LogP contribution in [0.4, 0.5) is 0 Å². The quantitative estimate of drug-likeness (QED) is 0.744. The highest BCUT2D eigenvalue weighted by Gasteiger charge is 2.25. The summed E-state index contributed by atoms with van der Waals surface area (Å²) in [7, 11) is 1.73. The molecule has 0 saturated carbocycles. The number of hydrogen-bond acceptors (Lipinski definition) is 5. The van der Waals surface area contributed by atoms with Gasteiger partial charge in [-0.15, -0.1) is 12.4 Å². The van der Waals surface area contributed by atoms with E-state index < -0.39 is 0 Å². The van der Waals surface area contributed by atoms with Gasteiger partial charge >= 0.3 is 0 Å². The zero-order valence-corrected chi connectivity index (χ0v) is 16.8. The fourth-order valence-electron chi connectivity index (χ4n) is 3.38. The summed E-state index contributed by atoms with van der Waals surface area (Å²) >= 11 is 0. The molecule has 1 saturated heterocycles. The van der Waals surface area contributed by atoms with Crippen molar-refractivity contribution in [3.05, 3.63) is 54.1 Å². The van der Waals surface area contributed by atoms with Gasteiger partial charge in [0.2, 0.25) is 0 Å². The van der Waals surface area contributed by atoms with Gasteiger partial charge in [0, 0.05) is 31.7 Å². The molecule has 1 aliphatic heterocycles. The van der Waals surface area contributed by atoms with Crippen LogP contribution in [0.1, 0.15) is 18.5 Å². The van der Waals surface area contributed by atoms with Crippen LogP contribution in [0.5, 0.6) is 17.2 Å². The maximum atomic E-state index is 6.01. The Balaban J connectivity index is 0.00000261. The Bertz CT molecular complexity index is 699. The third-order valence-electron chi connectivity index (χ3n) is 4.64. The Morgan fingerprint density at radius 3 is 2.37 bits per heavy atom. The number of piperazine rings is 1. The van der Waals surface area contributed by atoms with Crippen molar-refractivity contribution in [1.82, 2.24) is 10.2 Å². The molecule has 2 aromatic rings. The highest BCUT2D eigenvalue weighted by atomic mass is 35.5. The van der Waals surface area contributed by atoms with Crippen LogP contribution >= 0.6 is 12.4 Å². The molecule has 0 amide bonds. The lowest BCUT2D eigenvalue weighted by atomic mass is 10.0. The first kappa shape index (κ1) is 21.4. The number of halogens is 1. The molecule has 3 rings (SSSR count). The predicted molar refractivity (Wildman–Crippen MR) is 111 cm³/mol. The van der Waals surface area contributed by atoms with Gasteiger partial charge in [-0.25, -0.2) is 0 Å². The number of para-hydroxylation sites is 3. The first-order valence-corrected chi connectivity index (χ1v) is 9.25. The molecule has 0 aromatic heterocycles. The predicted octanol–water partition coefficient (Wildman–Crippen LogP) is 3.54. The van der Waals surface area contributed by atoms with Crippen molar-refractivity contribution >= 4 is 12.4 Å². The minimum Gasteiger partial charge on any atom is -0.496 e. The van der Waals surface area contributed by atoms with E-state index in [9.17, 15) is 0 Å². The van der Waals surface area contributed by atoms with Crippen LogP contribution in [0.2, 0.25) is 0 Å². The van der Waals surface area contributed by atoms with E-state index in [1.165, 1.54) is 5.56 Å². The zero-order valence-electron chi connectivity index (χ0n) is 16.0. The molecule has 1 unspecified atom stereocenters. The average molecular weight is 393 g/mol. The molecule has 1 aliphatic rings. The van der Waals surface area contributed by atoms with E-state index in [2.05, 4.69) is 22.3 Å². The Hall–Kier alpha value is -1.95. The second-order valence-electron chi connectivity index (χ2n) is 6.23. The van der Waals surface area contributed by atoms with Crippen molar-refractivity contribution in [2.24, 2.45) is 0 Å². The Kier molecular flexibility index (Phi) is 8.72. The molecule has 5 nitrogen and oxygen atoms in total. The van der Waals surface area contributed by atoms with Gasteiger partial charge in [0.15, 0.2) is 11.5 Å². The van der Waals surface area contributed by atoms with Crippen LogP contribution in [-0.2, 0) is 0 Å². The second kappa shape index (κ2) is 11.0. The van der Waals surface area contributed by atoms with Crippen molar-refractivity contribution < 1.29 is 14.2 Å². The first-order chi connectivity index (χ1) is 12.8. The first-order valence-electron chi connectivity index (χ1n) is 9.25. The normalized spacial score (nSPS) is 17.0. The lowest BCUT2D eigenvalue weighted by molar-refractivity contribution is 0.130. The van der Waals surface area contributed by atoms with E-state index in [4.69, 9.17) is 14.2 Å². The third-order valence-corrected chi connectivity index (χ3v) is 4.64. The molecule has 0 spiro atoms. The van der Waals surface area contributed by atoms with Crippen LogP contribution < -0.4 is 19.5 Å². The molecule has 27 heavy (non-hydrogen) atoms. The molecule has 6 heteroatoms. The lowest BCUT2D eigenvalue weighted by Crippen LogP contribution is -2.47. The fourth-order valence-corrected chi connectivity index (χ4v) is 3.38. The molecule has 1 N–H and O–H groups in total. The topological polar surface area (TPSA) is 43.0 Å². The van der Waals surface area contributed by atoms with Crippen molar-refractivity contribution in [2.45, 2.75) is 13.0 Å². The largest absolute Gasteiger partial charge is 0.496 e. The summed E-state index contributed by atoms with van der Waals surface area (Å²) in [5.41, 5.74) is 1.22. The van der Waals surface area contributed by atoms with Gasteiger partial charge in [-0.05, 0) is 25.1 Å². The summed E-state index contributed by atoms with van der Waals surface area (Å²) in [6, 6.07) is 16.4. The van der Waals surface area contributed by atoms with E-state index in [1.807, 2.05) is 43.3 Å². The molecule has 2 aromatic carbocycles. The maximum absolute atomic E-state index is 6.01. The minimum absolute atomic E-state index is 0. The fraction of sp³-hybridized carbons (Fsp3) is 0.429. The van der Waals surface area contributed by atoms with E-state index in [1.54, 1.807) is 7.11 Å². The smallest absolute Gasteiger partial charge is 0.161 e. The van der Waals surface area contributed by atoms with E-state index in [-0.39, 0.29) is 18.4 Å². The Morgan fingerprint density at radius 1 is 1.00 bits per heavy atom. The zero-order chi connectivity index (χ0) is 18.2. The number of benzene rings is 2. The summed E-state index contributed by atoms with van der Waals surface area (Å²) in [6.07, 6.45) is 0. The van der Waals surface area contributed by atoms with Gasteiger partial charge in [-0.1, -0.05) is 30.3 Å². The SMILES string of the molecule is CCOc1ccccc1OCCN1CCNCC1c1ccccc1OC.Cl. The van der Waals surface area contributed by atoms with Crippen LogP contribution in [0, 0.1) is 0 Å². The number of rotatable bonds is 8. The van der Waals surface area contributed by atoms with Crippen LogP contribution in [0.25, 0.3) is 0 Å². The van der Waals surface area contributed by atoms with Gasteiger partial charge in [-0.3, -0.25) is 4.90 Å². The molecule has 1 atom stereocenters. The summed E-state index contributed by atoms with van der Waals surface area (Å²) in [5, 5.41) is 3.49. The van der Waals surface area contributed by atoms with Crippen molar-refractivity contribution in [2.75, 3.05) is 46.5 Å². The molecule has 1 heterocycles. The Morgan fingerprint density at radius 2 is 1.67 bits per heavy atom. The molecular weight excluding hydrogens is 364 g/mol. The summed E-state index contributed by atoms with van der Waals surface area (Å²) in [4.78, 5) is 2.46. The summed E-state index contributed by atoms with van der Waals surface area (Å²) in [6.45, 7) is 6.97. The van der Waals surface area contributed by atoms with Crippen LogP contribution in [-0.4, -0.2) is 51.4 Å². The number of hydrogen-bond donors (Lipinski definition) is 1. The highest BCUT2D eigenvalue weighted by Crippen LogP contribution is 2.30. The third kappa shape index (κ3) is 5.51. The second-order valence-corrected chi connectivity index (χ2v) is 6.23. The molecule has 148 valence electrons. The summed E-state index contributed by atoms with van der Waals surface area (Å²) < 4.78 is 17.2. The maximum Gasteiger partial charge on any atom is 0.161 e. The van der Waals surface area contributed by atoms with Crippen LogP contribution in [0.3, 0.4) is 0 Å². The lowest BCUT2D eigenvalue weighted by Gasteiger charge is -2.37. The minimum atomic E-state index is 0. The van der Waals surface area contributed by atoms with Gasteiger partial charge in [-0.2, -0.15) is 0 Å². The number of methoxy groups -OCH3 is 1. The molecule has 0 radical (unpaired) electrons. The molecular formula is C21H29ClN2O3. The van der Waals surface area contributed by atoms with Gasteiger partial charge in [0.25, 0.3) is 0 Å². The van der Waals surface area contributed by atoms with Crippen molar-refractivity contribution in [3.63, 3.8) is 0 Å².